The molecule has 1 aromatic heterocycles. The highest BCUT2D eigenvalue weighted by Crippen LogP contribution is 2.21. The average Bonchev–Trinajstić information content (AvgIpc) is 3.22. The van der Waals surface area contributed by atoms with Crippen molar-refractivity contribution in [1.29, 1.82) is 0 Å². The first kappa shape index (κ1) is 19.5. The monoisotopic (exact) mass is 399 g/mol. The number of nitrogens with zero attached hydrogens (tertiary/aromatic N) is 3. The highest BCUT2D eigenvalue weighted by molar-refractivity contribution is 7.99. The van der Waals surface area contributed by atoms with Crippen LogP contribution in [0.25, 0.3) is 0 Å². The van der Waals surface area contributed by atoms with Crippen LogP contribution in [0.15, 0.2) is 30.5 Å². The maximum Gasteiger partial charge on any atom is 0.276 e. The van der Waals surface area contributed by atoms with Crippen LogP contribution in [0.5, 0.6) is 0 Å². The average molecular weight is 400 g/mol. The van der Waals surface area contributed by atoms with Crippen LogP contribution < -0.4 is 10.6 Å². The van der Waals surface area contributed by atoms with E-state index in [1.165, 1.54) is 17.1 Å². The molecule has 4 rings (SSSR count). The number of carbonyl (C=O) groups excluding carboxylic acids is 1. The van der Waals surface area contributed by atoms with Crippen molar-refractivity contribution in [3.05, 3.63) is 47.3 Å². The highest BCUT2D eigenvalue weighted by Gasteiger charge is 2.18. The largest absolute Gasteiger partial charge is 0.320 e. The molecule has 6 nitrogen and oxygen atoms in total. The Labute approximate surface area is 171 Å². The lowest BCUT2D eigenvalue weighted by Gasteiger charge is -2.26. The number of nitrogens with one attached hydrogen (secondary N) is 2. The van der Waals surface area contributed by atoms with E-state index >= 15 is 0 Å². The van der Waals surface area contributed by atoms with Gasteiger partial charge in [0.1, 0.15) is 0 Å². The topological polar surface area (TPSA) is 62.2 Å². The van der Waals surface area contributed by atoms with Gasteiger partial charge in [0, 0.05) is 49.6 Å². The zero-order valence-electron chi connectivity index (χ0n) is 16.5. The summed E-state index contributed by atoms with van der Waals surface area (Å²) in [4.78, 5) is 15.2. The Hall–Kier alpha value is -1.83. The zero-order chi connectivity index (χ0) is 19.3. The molecule has 2 aliphatic heterocycles. The second-order valence-electron chi connectivity index (χ2n) is 7.67. The highest BCUT2D eigenvalue weighted by atomic mass is 32.2. The molecule has 7 heteroatoms. The van der Waals surface area contributed by atoms with Gasteiger partial charge >= 0.3 is 0 Å². The number of hydrogen-bond acceptors (Lipinski definition) is 5. The minimum absolute atomic E-state index is 0.142. The predicted octanol–water partition coefficient (Wildman–Crippen LogP) is 2.92. The number of carbonyl (C=O) groups is 1. The third-order valence-corrected chi connectivity index (χ3v) is 6.49. The summed E-state index contributed by atoms with van der Waals surface area (Å²) in [5.41, 5.74) is 3.67. The lowest BCUT2D eigenvalue weighted by molar-refractivity contribution is 0.102. The van der Waals surface area contributed by atoms with E-state index < -0.39 is 0 Å². The Balaban J connectivity index is 1.42. The molecule has 0 radical (unpaired) electrons. The van der Waals surface area contributed by atoms with E-state index in [9.17, 15) is 4.79 Å². The molecule has 1 aromatic carbocycles. The maximum absolute atomic E-state index is 12.7. The summed E-state index contributed by atoms with van der Waals surface area (Å²) in [6.45, 7) is 7.22. The number of rotatable bonds is 5. The molecule has 2 aliphatic rings. The summed E-state index contributed by atoms with van der Waals surface area (Å²) >= 11 is 2.02. The number of hydrogen-bond donors (Lipinski definition) is 2. The molecule has 2 saturated heterocycles. The Kier molecular flexibility index (Phi) is 6.34. The molecule has 2 aromatic rings. The van der Waals surface area contributed by atoms with Crippen LogP contribution in [0.2, 0.25) is 0 Å². The van der Waals surface area contributed by atoms with Crippen LogP contribution in [0, 0.1) is 6.92 Å². The number of aromatic nitrogens is 2. The fourth-order valence-electron chi connectivity index (χ4n) is 3.83. The van der Waals surface area contributed by atoms with Crippen molar-refractivity contribution in [2.24, 2.45) is 0 Å². The van der Waals surface area contributed by atoms with E-state index in [1.54, 1.807) is 0 Å². The van der Waals surface area contributed by atoms with Crippen molar-refractivity contribution >= 4 is 23.4 Å². The molecule has 1 amide bonds. The van der Waals surface area contributed by atoms with Crippen LogP contribution in [0.4, 0.5) is 5.69 Å². The van der Waals surface area contributed by atoms with E-state index in [-0.39, 0.29) is 5.91 Å². The molecule has 28 heavy (non-hydrogen) atoms. The Morgan fingerprint density at radius 3 is 2.96 bits per heavy atom. The van der Waals surface area contributed by atoms with Gasteiger partial charge in [-0.25, -0.2) is 0 Å². The van der Waals surface area contributed by atoms with Crippen LogP contribution in [0.3, 0.4) is 0 Å². The van der Waals surface area contributed by atoms with E-state index in [4.69, 9.17) is 0 Å². The van der Waals surface area contributed by atoms with Crippen molar-refractivity contribution in [1.82, 2.24) is 20.0 Å². The van der Waals surface area contributed by atoms with E-state index in [0.29, 0.717) is 11.7 Å². The third kappa shape index (κ3) is 4.77. The lowest BCUT2D eigenvalue weighted by atomic mass is 10.1. The first-order chi connectivity index (χ1) is 13.7. The van der Waals surface area contributed by atoms with Gasteiger partial charge in [0.05, 0.1) is 6.04 Å². The Morgan fingerprint density at radius 2 is 2.18 bits per heavy atom. The molecule has 0 spiro atoms. The molecule has 1 atom stereocenters. The molecular formula is C21H29N5OS. The molecule has 0 saturated carbocycles. The summed E-state index contributed by atoms with van der Waals surface area (Å²) in [7, 11) is 0. The first-order valence-electron chi connectivity index (χ1n) is 10.2. The van der Waals surface area contributed by atoms with Crippen LogP contribution in [-0.4, -0.2) is 58.3 Å². The maximum atomic E-state index is 12.7. The molecule has 150 valence electrons. The number of thioether (sulfide) groups is 1. The smallest absolute Gasteiger partial charge is 0.276 e. The number of aryl methyl sites for hydroxylation is 1. The predicted molar refractivity (Wildman–Crippen MR) is 115 cm³/mol. The minimum atomic E-state index is -0.142. The summed E-state index contributed by atoms with van der Waals surface area (Å²) in [6.07, 6.45) is 4.17. The lowest BCUT2D eigenvalue weighted by Crippen LogP contribution is -2.32. The summed E-state index contributed by atoms with van der Waals surface area (Å²) < 4.78 is 1.93. The second kappa shape index (κ2) is 9.11. The van der Waals surface area contributed by atoms with E-state index in [2.05, 4.69) is 38.8 Å². The summed E-state index contributed by atoms with van der Waals surface area (Å²) in [6, 6.07) is 8.52. The second-order valence-corrected chi connectivity index (χ2v) is 8.90. The minimum Gasteiger partial charge on any atom is -0.320 e. The fourth-order valence-corrected chi connectivity index (χ4v) is 4.81. The van der Waals surface area contributed by atoms with Crippen molar-refractivity contribution < 1.29 is 4.79 Å². The number of amides is 1. The molecule has 2 fully saturated rings. The molecule has 3 heterocycles. The third-order valence-electron chi connectivity index (χ3n) is 5.55. The molecule has 1 unspecified atom stereocenters. The van der Waals surface area contributed by atoms with Gasteiger partial charge in [-0.15, -0.1) is 0 Å². The normalized spacial score (nSPS) is 20.8. The zero-order valence-corrected chi connectivity index (χ0v) is 17.3. The van der Waals surface area contributed by atoms with E-state index in [1.807, 2.05) is 35.6 Å². The van der Waals surface area contributed by atoms with Gasteiger partial charge in [-0.1, -0.05) is 12.1 Å². The van der Waals surface area contributed by atoms with Crippen molar-refractivity contribution in [3.8, 4) is 0 Å². The van der Waals surface area contributed by atoms with Crippen molar-refractivity contribution in [3.63, 3.8) is 0 Å². The van der Waals surface area contributed by atoms with Gasteiger partial charge in [-0.05, 0) is 49.6 Å². The standard InChI is InChI=1S/C21H29N5OS/c1-16-4-5-17(15-25-9-11-28-12-10-25)13-20(16)23-21(27)19-6-8-26(24-19)18-3-2-7-22-14-18/h4-6,8,13,18,22H,2-3,7,9-12,14-15H2,1H3,(H,23,27). The van der Waals surface area contributed by atoms with E-state index in [0.717, 1.165) is 56.8 Å². The molecular weight excluding hydrogens is 370 g/mol. The molecule has 0 aliphatic carbocycles. The fraction of sp³-hybridized carbons (Fsp3) is 0.524. The summed E-state index contributed by atoms with van der Waals surface area (Å²) in [5, 5.41) is 11.0. The Morgan fingerprint density at radius 1 is 1.32 bits per heavy atom. The van der Waals surface area contributed by atoms with Gasteiger partial charge in [-0.2, -0.15) is 16.9 Å². The molecule has 2 N–H and O–H groups in total. The van der Waals surface area contributed by atoms with Crippen LogP contribution in [0.1, 0.15) is 40.5 Å². The Bertz CT molecular complexity index is 809. The van der Waals surface area contributed by atoms with Gasteiger partial charge in [0.15, 0.2) is 5.69 Å². The first-order valence-corrected chi connectivity index (χ1v) is 11.3. The van der Waals surface area contributed by atoms with Gasteiger partial charge in [-0.3, -0.25) is 14.4 Å². The van der Waals surface area contributed by atoms with Gasteiger partial charge < -0.3 is 10.6 Å². The number of benzene rings is 1. The summed E-state index contributed by atoms with van der Waals surface area (Å²) in [5.74, 6) is 2.26. The van der Waals surface area contributed by atoms with Crippen LogP contribution >= 0.6 is 11.8 Å². The van der Waals surface area contributed by atoms with Crippen molar-refractivity contribution in [2.45, 2.75) is 32.4 Å². The quantitative estimate of drug-likeness (QED) is 0.810. The van der Waals surface area contributed by atoms with Gasteiger partial charge in [0.2, 0.25) is 0 Å². The molecule has 0 bridgehead atoms. The number of anilines is 1. The SMILES string of the molecule is Cc1ccc(CN2CCSCC2)cc1NC(=O)c1ccn(C2CCCNC2)n1. The van der Waals surface area contributed by atoms with Crippen molar-refractivity contribution in [2.75, 3.05) is 43.0 Å². The number of piperidine rings is 1. The van der Waals surface area contributed by atoms with Crippen LogP contribution in [-0.2, 0) is 6.54 Å². The van der Waals surface area contributed by atoms with Gasteiger partial charge in [0.25, 0.3) is 5.91 Å².